The molecule has 0 aliphatic carbocycles. The lowest BCUT2D eigenvalue weighted by Gasteiger charge is -2.39. The van der Waals surface area contributed by atoms with Gasteiger partial charge in [-0.15, -0.1) is 0 Å². The minimum Gasteiger partial charge on any atom is -0.494 e. The van der Waals surface area contributed by atoms with Crippen LogP contribution in [0.3, 0.4) is 0 Å². The number of piperazine rings is 1. The molecule has 4 rings (SSSR count). The molecule has 0 saturated carbocycles. The summed E-state index contributed by atoms with van der Waals surface area (Å²) in [4.78, 5) is 17.6. The number of rotatable bonds is 11. The maximum atomic E-state index is 13.2. The molecule has 1 saturated heterocycles. The fourth-order valence-electron chi connectivity index (χ4n) is 4.84. The molecule has 4 heteroatoms. The summed E-state index contributed by atoms with van der Waals surface area (Å²) < 4.78 is 5.86. The third-order valence-corrected chi connectivity index (χ3v) is 6.82. The molecule has 0 spiro atoms. The lowest BCUT2D eigenvalue weighted by atomic mass is 9.96. The van der Waals surface area contributed by atoms with Crippen LogP contribution < -0.4 is 4.74 Å². The predicted octanol–water partition coefficient (Wildman–Crippen LogP) is 6.58. The molecular weight excluding hydrogens is 432 g/mol. The number of hydrogen-bond acceptors (Lipinski definition) is 3. The summed E-state index contributed by atoms with van der Waals surface area (Å²) in [5.74, 6) is 0.946. The van der Waals surface area contributed by atoms with E-state index in [4.69, 9.17) is 4.74 Å². The predicted molar refractivity (Wildman–Crippen MR) is 143 cm³/mol. The van der Waals surface area contributed by atoms with Crippen LogP contribution in [0.4, 0.5) is 0 Å². The van der Waals surface area contributed by atoms with Crippen molar-refractivity contribution < 1.29 is 9.53 Å². The van der Waals surface area contributed by atoms with E-state index in [0.29, 0.717) is 0 Å². The number of ether oxygens (including phenoxy) is 1. The number of unbranched alkanes of at least 4 members (excludes halogenated alkanes) is 4. The summed E-state index contributed by atoms with van der Waals surface area (Å²) in [6, 6.07) is 29.2. The van der Waals surface area contributed by atoms with Crippen LogP contribution in [0.25, 0.3) is 0 Å². The normalized spacial score (nSPS) is 14.3. The van der Waals surface area contributed by atoms with Crippen LogP contribution in [0.15, 0.2) is 84.9 Å². The lowest BCUT2D eigenvalue weighted by Crippen LogP contribution is -2.49. The summed E-state index contributed by atoms with van der Waals surface area (Å²) >= 11 is 0. The van der Waals surface area contributed by atoms with Crippen LogP contribution in [0.1, 0.15) is 66.6 Å². The van der Waals surface area contributed by atoms with Crippen LogP contribution in [-0.2, 0) is 0 Å². The van der Waals surface area contributed by atoms with Gasteiger partial charge in [0, 0.05) is 31.7 Å². The summed E-state index contributed by atoms with van der Waals surface area (Å²) in [6.45, 7) is 6.11. The lowest BCUT2D eigenvalue weighted by molar-refractivity contribution is 0.0597. The van der Waals surface area contributed by atoms with E-state index >= 15 is 0 Å². The molecule has 35 heavy (non-hydrogen) atoms. The summed E-state index contributed by atoms with van der Waals surface area (Å²) in [6.07, 6.45) is 6.12. The monoisotopic (exact) mass is 470 g/mol. The Balaban J connectivity index is 1.32. The smallest absolute Gasteiger partial charge is 0.253 e. The Hall–Kier alpha value is -3.11. The van der Waals surface area contributed by atoms with E-state index < -0.39 is 0 Å². The number of carbonyl (C=O) groups is 1. The van der Waals surface area contributed by atoms with Gasteiger partial charge in [-0.1, -0.05) is 93.3 Å². The Morgan fingerprint density at radius 1 is 0.743 bits per heavy atom. The molecule has 3 aromatic carbocycles. The highest BCUT2D eigenvalue weighted by atomic mass is 16.5. The topological polar surface area (TPSA) is 32.8 Å². The molecule has 3 aromatic rings. The first-order valence-electron chi connectivity index (χ1n) is 13.1. The molecule has 1 heterocycles. The van der Waals surface area contributed by atoms with E-state index in [0.717, 1.165) is 50.5 Å². The van der Waals surface area contributed by atoms with E-state index in [1.165, 1.54) is 36.8 Å². The number of hydrogen-bond donors (Lipinski definition) is 0. The fourth-order valence-corrected chi connectivity index (χ4v) is 4.84. The Bertz CT molecular complexity index is 973. The zero-order valence-corrected chi connectivity index (χ0v) is 20.9. The van der Waals surface area contributed by atoms with E-state index in [1.807, 2.05) is 29.2 Å². The Kier molecular flexibility index (Phi) is 9.36. The summed E-state index contributed by atoms with van der Waals surface area (Å²) in [7, 11) is 0. The van der Waals surface area contributed by atoms with Crippen molar-refractivity contribution in [3.63, 3.8) is 0 Å². The van der Waals surface area contributed by atoms with E-state index in [2.05, 4.69) is 72.5 Å². The first kappa shape index (κ1) is 25.0. The largest absolute Gasteiger partial charge is 0.494 e. The highest BCUT2D eigenvalue weighted by Crippen LogP contribution is 2.29. The van der Waals surface area contributed by atoms with Crippen molar-refractivity contribution in [3.8, 4) is 5.75 Å². The van der Waals surface area contributed by atoms with Gasteiger partial charge in [-0.25, -0.2) is 0 Å². The Labute approximate surface area is 210 Å². The van der Waals surface area contributed by atoms with Gasteiger partial charge in [-0.3, -0.25) is 9.69 Å². The highest BCUT2D eigenvalue weighted by Gasteiger charge is 2.28. The standard InChI is InChI=1S/C31H38N2O2/c1-2-3-4-5-12-25-35-29-19-17-28(18-20-29)31(34)33-23-21-32(22-24-33)30(26-13-8-6-9-14-26)27-15-10-7-11-16-27/h6-11,13-20,30H,2-5,12,21-25H2,1H3. The number of nitrogens with zero attached hydrogens (tertiary/aromatic N) is 2. The first-order valence-corrected chi connectivity index (χ1v) is 13.1. The minimum atomic E-state index is 0.103. The molecular formula is C31H38N2O2. The average molecular weight is 471 g/mol. The molecule has 0 unspecified atom stereocenters. The van der Waals surface area contributed by atoms with Gasteiger partial charge in [-0.2, -0.15) is 0 Å². The van der Waals surface area contributed by atoms with E-state index in [1.54, 1.807) is 0 Å². The van der Waals surface area contributed by atoms with Crippen LogP contribution in [-0.4, -0.2) is 48.5 Å². The van der Waals surface area contributed by atoms with E-state index in [9.17, 15) is 4.79 Å². The summed E-state index contributed by atoms with van der Waals surface area (Å²) in [5, 5.41) is 0. The van der Waals surface area contributed by atoms with Crippen LogP contribution >= 0.6 is 0 Å². The molecule has 0 radical (unpaired) electrons. The van der Waals surface area contributed by atoms with Crippen molar-refractivity contribution in [2.45, 2.75) is 45.1 Å². The van der Waals surface area contributed by atoms with Crippen LogP contribution in [0.2, 0.25) is 0 Å². The number of benzene rings is 3. The second-order valence-corrected chi connectivity index (χ2v) is 9.34. The van der Waals surface area contributed by atoms with Gasteiger partial charge >= 0.3 is 0 Å². The van der Waals surface area contributed by atoms with Gasteiger partial charge in [0.05, 0.1) is 12.6 Å². The van der Waals surface area contributed by atoms with Crippen molar-refractivity contribution in [3.05, 3.63) is 102 Å². The van der Waals surface area contributed by atoms with Gasteiger partial charge in [-0.05, 0) is 41.8 Å². The zero-order chi connectivity index (χ0) is 24.3. The molecule has 0 bridgehead atoms. The third-order valence-electron chi connectivity index (χ3n) is 6.82. The molecule has 0 N–H and O–H groups in total. The van der Waals surface area contributed by atoms with Crippen LogP contribution in [0, 0.1) is 0 Å². The third kappa shape index (κ3) is 6.95. The minimum absolute atomic E-state index is 0.103. The van der Waals surface area contributed by atoms with Gasteiger partial charge in [0.1, 0.15) is 5.75 Å². The second-order valence-electron chi connectivity index (χ2n) is 9.34. The molecule has 184 valence electrons. The van der Waals surface area contributed by atoms with Crippen molar-refractivity contribution in [2.75, 3.05) is 32.8 Å². The molecule has 1 amide bonds. The maximum absolute atomic E-state index is 13.2. The second kappa shape index (κ2) is 13.1. The van der Waals surface area contributed by atoms with Crippen molar-refractivity contribution >= 4 is 5.91 Å². The summed E-state index contributed by atoms with van der Waals surface area (Å²) in [5.41, 5.74) is 3.32. The molecule has 0 atom stereocenters. The van der Waals surface area contributed by atoms with Gasteiger partial charge in [0.25, 0.3) is 5.91 Å². The van der Waals surface area contributed by atoms with Crippen molar-refractivity contribution in [1.82, 2.24) is 9.80 Å². The fraction of sp³-hybridized carbons (Fsp3) is 0.387. The average Bonchev–Trinajstić information content (AvgIpc) is 2.92. The van der Waals surface area contributed by atoms with Crippen molar-refractivity contribution in [2.24, 2.45) is 0 Å². The molecule has 1 fully saturated rings. The van der Waals surface area contributed by atoms with Gasteiger partial charge < -0.3 is 9.64 Å². The highest BCUT2D eigenvalue weighted by molar-refractivity contribution is 5.94. The maximum Gasteiger partial charge on any atom is 0.253 e. The van der Waals surface area contributed by atoms with E-state index in [-0.39, 0.29) is 11.9 Å². The quantitative estimate of drug-likeness (QED) is 0.297. The molecule has 1 aliphatic rings. The zero-order valence-electron chi connectivity index (χ0n) is 20.9. The molecule has 0 aromatic heterocycles. The number of carbonyl (C=O) groups excluding carboxylic acids is 1. The van der Waals surface area contributed by atoms with Crippen LogP contribution in [0.5, 0.6) is 5.75 Å². The Morgan fingerprint density at radius 2 is 1.31 bits per heavy atom. The first-order chi connectivity index (χ1) is 17.3. The Morgan fingerprint density at radius 3 is 1.89 bits per heavy atom. The molecule has 1 aliphatic heterocycles. The van der Waals surface area contributed by atoms with Gasteiger partial charge in [0.15, 0.2) is 0 Å². The number of amides is 1. The SMILES string of the molecule is CCCCCCCOc1ccc(C(=O)N2CCN(C(c3ccccc3)c3ccccc3)CC2)cc1. The molecule has 4 nitrogen and oxygen atoms in total. The van der Waals surface area contributed by atoms with Crippen molar-refractivity contribution in [1.29, 1.82) is 0 Å². The van der Waals surface area contributed by atoms with Gasteiger partial charge in [0.2, 0.25) is 0 Å².